The van der Waals surface area contributed by atoms with Crippen molar-refractivity contribution in [3.05, 3.63) is 34.3 Å². The van der Waals surface area contributed by atoms with Crippen LogP contribution in [0.15, 0.2) is 28.7 Å². The third-order valence-corrected chi connectivity index (χ3v) is 4.58. The van der Waals surface area contributed by atoms with E-state index < -0.39 is 0 Å². The van der Waals surface area contributed by atoms with Gasteiger partial charge in [-0.3, -0.25) is 9.69 Å². The van der Waals surface area contributed by atoms with E-state index in [9.17, 15) is 4.79 Å². The predicted octanol–water partition coefficient (Wildman–Crippen LogP) is 1.65. The minimum absolute atomic E-state index is 0.0221. The fourth-order valence-electron chi connectivity index (χ4n) is 2.71. The Kier molecular flexibility index (Phi) is 4.96. The van der Waals surface area contributed by atoms with Gasteiger partial charge in [0.1, 0.15) is 0 Å². The lowest BCUT2D eigenvalue weighted by molar-refractivity contribution is -0.123. The van der Waals surface area contributed by atoms with Crippen molar-refractivity contribution in [2.45, 2.75) is 18.9 Å². The van der Waals surface area contributed by atoms with Gasteiger partial charge in [0.2, 0.25) is 5.91 Å². The first-order valence-electron chi connectivity index (χ1n) is 6.61. The molecule has 0 bridgehead atoms. The predicted molar refractivity (Wildman–Crippen MR) is 79.4 cm³/mol. The molecule has 4 nitrogen and oxygen atoms in total. The molecule has 1 aliphatic rings. The van der Waals surface area contributed by atoms with E-state index in [4.69, 9.17) is 11.5 Å². The molecule has 2 rings (SSSR count). The number of carbonyl (C=O) groups is 1. The number of primary amides is 1. The summed E-state index contributed by atoms with van der Waals surface area (Å²) in [6.07, 6.45) is 1.66. The third kappa shape index (κ3) is 3.35. The molecule has 1 aliphatic heterocycles. The summed E-state index contributed by atoms with van der Waals surface area (Å²) in [6, 6.07) is 8.36. The molecule has 1 heterocycles. The van der Waals surface area contributed by atoms with Crippen LogP contribution in [0.2, 0.25) is 0 Å². The van der Waals surface area contributed by atoms with Gasteiger partial charge in [0.15, 0.2) is 0 Å². The monoisotopic (exact) mass is 325 g/mol. The zero-order valence-corrected chi connectivity index (χ0v) is 12.5. The number of amides is 1. The van der Waals surface area contributed by atoms with Crippen LogP contribution in [0.3, 0.4) is 0 Å². The van der Waals surface area contributed by atoms with E-state index >= 15 is 0 Å². The maximum atomic E-state index is 11.2. The van der Waals surface area contributed by atoms with E-state index in [0.29, 0.717) is 6.54 Å². The van der Waals surface area contributed by atoms with Gasteiger partial charge >= 0.3 is 0 Å². The van der Waals surface area contributed by atoms with Gasteiger partial charge in [0.25, 0.3) is 0 Å². The second-order valence-electron chi connectivity index (χ2n) is 4.99. The zero-order valence-electron chi connectivity index (χ0n) is 10.9. The van der Waals surface area contributed by atoms with Crippen LogP contribution in [-0.2, 0) is 4.79 Å². The second-order valence-corrected chi connectivity index (χ2v) is 5.84. The summed E-state index contributed by atoms with van der Waals surface area (Å²) in [5.74, 6) is -0.154. The molecular formula is C14H20BrN3O. The maximum Gasteiger partial charge on any atom is 0.220 e. The molecule has 4 N–H and O–H groups in total. The topological polar surface area (TPSA) is 72.3 Å². The first-order valence-corrected chi connectivity index (χ1v) is 7.40. The number of rotatable bonds is 4. The summed E-state index contributed by atoms with van der Waals surface area (Å²) in [5, 5.41) is 0. The molecule has 0 spiro atoms. The SMILES string of the molecule is NCC(c1ccccc1Br)N1CCC(C(N)=O)CC1. The second kappa shape index (κ2) is 6.50. The van der Waals surface area contributed by atoms with E-state index in [0.717, 1.165) is 30.4 Å². The van der Waals surface area contributed by atoms with Crippen LogP contribution in [0.5, 0.6) is 0 Å². The molecule has 1 amide bonds. The number of likely N-dealkylation sites (tertiary alicyclic amines) is 1. The van der Waals surface area contributed by atoms with Crippen molar-refractivity contribution in [1.29, 1.82) is 0 Å². The highest BCUT2D eigenvalue weighted by Crippen LogP contribution is 2.30. The van der Waals surface area contributed by atoms with Crippen LogP contribution in [-0.4, -0.2) is 30.4 Å². The van der Waals surface area contributed by atoms with Crippen molar-refractivity contribution < 1.29 is 4.79 Å². The number of halogens is 1. The molecule has 19 heavy (non-hydrogen) atoms. The van der Waals surface area contributed by atoms with Gasteiger partial charge in [-0.25, -0.2) is 0 Å². The molecule has 1 aromatic rings. The molecular weight excluding hydrogens is 306 g/mol. The highest BCUT2D eigenvalue weighted by Gasteiger charge is 2.28. The Balaban J connectivity index is 2.08. The van der Waals surface area contributed by atoms with Crippen LogP contribution < -0.4 is 11.5 Å². The van der Waals surface area contributed by atoms with Gasteiger partial charge in [-0.2, -0.15) is 0 Å². The number of piperidine rings is 1. The maximum absolute atomic E-state index is 11.2. The van der Waals surface area contributed by atoms with Crippen molar-refractivity contribution in [2.75, 3.05) is 19.6 Å². The molecule has 1 saturated heterocycles. The Morgan fingerprint density at radius 1 is 1.37 bits per heavy atom. The lowest BCUT2D eigenvalue weighted by Crippen LogP contribution is -2.42. The van der Waals surface area contributed by atoms with Gasteiger partial charge in [-0.05, 0) is 37.6 Å². The van der Waals surface area contributed by atoms with Crippen LogP contribution in [0.25, 0.3) is 0 Å². The quantitative estimate of drug-likeness (QED) is 0.884. The summed E-state index contributed by atoms with van der Waals surface area (Å²) in [4.78, 5) is 13.5. The molecule has 1 atom stereocenters. The minimum Gasteiger partial charge on any atom is -0.369 e. The molecule has 0 aliphatic carbocycles. The first-order chi connectivity index (χ1) is 9.13. The van der Waals surface area contributed by atoms with E-state index in [1.165, 1.54) is 5.56 Å². The van der Waals surface area contributed by atoms with Gasteiger partial charge in [0.05, 0.1) is 0 Å². The van der Waals surface area contributed by atoms with E-state index in [2.05, 4.69) is 26.9 Å². The van der Waals surface area contributed by atoms with Crippen molar-refractivity contribution in [3.63, 3.8) is 0 Å². The number of benzene rings is 1. The van der Waals surface area contributed by atoms with E-state index in [1.54, 1.807) is 0 Å². The average molecular weight is 326 g/mol. The van der Waals surface area contributed by atoms with Crippen LogP contribution in [0.4, 0.5) is 0 Å². The summed E-state index contributed by atoms with van der Waals surface area (Å²) in [6.45, 7) is 2.32. The van der Waals surface area contributed by atoms with Crippen LogP contribution in [0, 0.1) is 5.92 Å². The fourth-order valence-corrected chi connectivity index (χ4v) is 3.26. The van der Waals surface area contributed by atoms with Crippen molar-refractivity contribution in [1.82, 2.24) is 4.90 Å². The Bertz CT molecular complexity index is 444. The van der Waals surface area contributed by atoms with E-state index in [1.807, 2.05) is 18.2 Å². The van der Waals surface area contributed by atoms with Gasteiger partial charge in [-0.15, -0.1) is 0 Å². The fraction of sp³-hybridized carbons (Fsp3) is 0.500. The summed E-state index contributed by atoms with van der Waals surface area (Å²) in [5.41, 5.74) is 12.5. The Morgan fingerprint density at radius 3 is 2.53 bits per heavy atom. The highest BCUT2D eigenvalue weighted by molar-refractivity contribution is 9.10. The summed E-state index contributed by atoms with van der Waals surface area (Å²) < 4.78 is 1.09. The van der Waals surface area contributed by atoms with Gasteiger partial charge in [-0.1, -0.05) is 34.1 Å². The Labute approximate surface area is 122 Å². The third-order valence-electron chi connectivity index (χ3n) is 3.86. The molecule has 1 fully saturated rings. The standard InChI is InChI=1S/C14H20BrN3O/c15-12-4-2-1-3-11(12)13(9-16)18-7-5-10(6-8-18)14(17)19/h1-4,10,13H,5-9,16H2,(H2,17,19). The highest BCUT2D eigenvalue weighted by atomic mass is 79.9. The lowest BCUT2D eigenvalue weighted by atomic mass is 9.94. The molecule has 1 unspecified atom stereocenters. The lowest BCUT2D eigenvalue weighted by Gasteiger charge is -2.36. The number of nitrogens with zero attached hydrogens (tertiary/aromatic N) is 1. The van der Waals surface area contributed by atoms with Crippen LogP contribution >= 0.6 is 15.9 Å². The number of nitrogens with two attached hydrogens (primary N) is 2. The summed E-state index contributed by atoms with van der Waals surface area (Å²) >= 11 is 3.58. The molecule has 5 heteroatoms. The average Bonchev–Trinajstić information content (AvgIpc) is 2.42. The number of carbonyl (C=O) groups excluding carboxylic acids is 1. The van der Waals surface area contributed by atoms with Gasteiger partial charge < -0.3 is 11.5 Å². The zero-order chi connectivity index (χ0) is 13.8. The van der Waals surface area contributed by atoms with Gasteiger partial charge in [0, 0.05) is 23.0 Å². The Hall–Kier alpha value is -0.910. The summed E-state index contributed by atoms with van der Waals surface area (Å²) in [7, 11) is 0. The minimum atomic E-state index is -0.176. The Morgan fingerprint density at radius 2 is 2.00 bits per heavy atom. The first kappa shape index (κ1) is 14.5. The number of hydrogen-bond donors (Lipinski definition) is 2. The molecule has 104 valence electrons. The smallest absolute Gasteiger partial charge is 0.220 e. The molecule has 1 aromatic carbocycles. The van der Waals surface area contributed by atoms with Crippen molar-refractivity contribution >= 4 is 21.8 Å². The van der Waals surface area contributed by atoms with E-state index in [-0.39, 0.29) is 17.9 Å². The largest absolute Gasteiger partial charge is 0.369 e. The molecule has 0 radical (unpaired) electrons. The van der Waals surface area contributed by atoms with Crippen LogP contribution in [0.1, 0.15) is 24.4 Å². The number of hydrogen-bond acceptors (Lipinski definition) is 3. The molecule has 0 aromatic heterocycles. The molecule has 0 saturated carbocycles. The van der Waals surface area contributed by atoms with Crippen molar-refractivity contribution in [2.24, 2.45) is 17.4 Å². The van der Waals surface area contributed by atoms with Crippen molar-refractivity contribution in [3.8, 4) is 0 Å². The normalized spacial score (nSPS) is 19.3.